The second-order valence-corrected chi connectivity index (χ2v) is 5.78. The van der Waals surface area contributed by atoms with E-state index in [-0.39, 0.29) is 0 Å². The molecule has 1 aromatic rings. The van der Waals surface area contributed by atoms with Crippen LogP contribution in [0.4, 0.5) is 0 Å². The lowest BCUT2D eigenvalue weighted by Gasteiger charge is -2.34. The standard InChI is InChI=1S/C17H28N2O2/c1-18-16(15-6-4-5-7-17(15)21-3)12-19-10-8-14(9-11-19)13-20-2/h4-7,14,16,18H,8-13H2,1-3H3. The molecule has 2 rings (SSSR count). The quantitative estimate of drug-likeness (QED) is 0.836. The molecule has 0 radical (unpaired) electrons. The molecule has 0 spiro atoms. The van der Waals surface area contributed by atoms with Gasteiger partial charge < -0.3 is 19.7 Å². The van der Waals surface area contributed by atoms with Gasteiger partial charge in [0.1, 0.15) is 5.75 Å². The fourth-order valence-corrected chi connectivity index (χ4v) is 3.13. The molecule has 1 aliphatic heterocycles. The van der Waals surface area contributed by atoms with Gasteiger partial charge in [-0.3, -0.25) is 0 Å². The van der Waals surface area contributed by atoms with Crippen molar-refractivity contribution in [2.75, 3.05) is 47.5 Å². The van der Waals surface area contributed by atoms with Crippen LogP contribution < -0.4 is 10.1 Å². The highest BCUT2D eigenvalue weighted by Crippen LogP contribution is 2.26. The van der Waals surface area contributed by atoms with Crippen LogP contribution in [0.15, 0.2) is 24.3 Å². The van der Waals surface area contributed by atoms with E-state index in [1.807, 2.05) is 19.2 Å². The molecule has 1 aromatic carbocycles. The largest absolute Gasteiger partial charge is 0.496 e. The van der Waals surface area contributed by atoms with Crippen LogP contribution in [0.3, 0.4) is 0 Å². The van der Waals surface area contributed by atoms with Crippen molar-refractivity contribution in [3.63, 3.8) is 0 Å². The first-order valence-electron chi connectivity index (χ1n) is 7.80. The predicted octanol–water partition coefficient (Wildman–Crippen LogP) is 2.31. The molecule has 1 heterocycles. The topological polar surface area (TPSA) is 33.7 Å². The Morgan fingerprint density at radius 3 is 2.57 bits per heavy atom. The third-order valence-corrected chi connectivity index (χ3v) is 4.41. The van der Waals surface area contributed by atoms with Crippen LogP contribution in [-0.4, -0.2) is 52.4 Å². The van der Waals surface area contributed by atoms with E-state index in [0.29, 0.717) is 6.04 Å². The summed E-state index contributed by atoms with van der Waals surface area (Å²) in [5, 5.41) is 3.43. The van der Waals surface area contributed by atoms with Gasteiger partial charge in [-0.25, -0.2) is 0 Å². The molecule has 0 amide bonds. The van der Waals surface area contributed by atoms with Crippen molar-refractivity contribution in [2.45, 2.75) is 18.9 Å². The van der Waals surface area contributed by atoms with Gasteiger partial charge in [-0.05, 0) is 45.0 Å². The molecular formula is C17H28N2O2. The molecular weight excluding hydrogens is 264 g/mol. The summed E-state index contributed by atoms with van der Waals surface area (Å²) < 4.78 is 10.8. The molecule has 0 aliphatic carbocycles. The van der Waals surface area contributed by atoms with Crippen LogP contribution in [0.2, 0.25) is 0 Å². The van der Waals surface area contributed by atoms with Crippen molar-refractivity contribution < 1.29 is 9.47 Å². The first-order chi connectivity index (χ1) is 10.3. The lowest BCUT2D eigenvalue weighted by Crippen LogP contribution is -2.40. The van der Waals surface area contributed by atoms with Gasteiger partial charge in [-0.2, -0.15) is 0 Å². The van der Waals surface area contributed by atoms with Gasteiger partial charge in [-0.1, -0.05) is 18.2 Å². The number of nitrogens with one attached hydrogen (secondary N) is 1. The second-order valence-electron chi connectivity index (χ2n) is 5.78. The molecule has 21 heavy (non-hydrogen) atoms. The average molecular weight is 292 g/mol. The number of methoxy groups -OCH3 is 2. The van der Waals surface area contributed by atoms with Crippen molar-refractivity contribution in [3.8, 4) is 5.75 Å². The number of hydrogen-bond acceptors (Lipinski definition) is 4. The molecule has 0 bridgehead atoms. The molecule has 1 atom stereocenters. The molecule has 4 heteroatoms. The Labute approximate surface area is 128 Å². The van der Waals surface area contributed by atoms with Gasteiger partial charge in [0.25, 0.3) is 0 Å². The van der Waals surface area contributed by atoms with Crippen LogP contribution in [0, 0.1) is 5.92 Å². The summed E-state index contributed by atoms with van der Waals surface area (Å²) in [5.74, 6) is 1.69. The van der Waals surface area contributed by atoms with Crippen LogP contribution in [-0.2, 0) is 4.74 Å². The van der Waals surface area contributed by atoms with Crippen LogP contribution in [0.1, 0.15) is 24.4 Å². The smallest absolute Gasteiger partial charge is 0.123 e. The molecule has 1 aliphatic rings. The van der Waals surface area contributed by atoms with Crippen molar-refractivity contribution in [2.24, 2.45) is 5.92 Å². The highest BCUT2D eigenvalue weighted by Gasteiger charge is 2.23. The maximum atomic E-state index is 5.49. The molecule has 0 aromatic heterocycles. The van der Waals surface area contributed by atoms with Gasteiger partial charge >= 0.3 is 0 Å². The molecule has 1 unspecified atom stereocenters. The van der Waals surface area contributed by atoms with E-state index in [2.05, 4.69) is 22.3 Å². The van der Waals surface area contributed by atoms with E-state index >= 15 is 0 Å². The fourth-order valence-electron chi connectivity index (χ4n) is 3.13. The van der Waals surface area contributed by atoms with Crippen LogP contribution in [0.25, 0.3) is 0 Å². The Morgan fingerprint density at radius 2 is 1.95 bits per heavy atom. The first kappa shape index (κ1) is 16.3. The van der Waals surface area contributed by atoms with E-state index in [4.69, 9.17) is 9.47 Å². The molecule has 1 fully saturated rings. The third-order valence-electron chi connectivity index (χ3n) is 4.41. The van der Waals surface area contributed by atoms with E-state index in [1.165, 1.54) is 18.4 Å². The van der Waals surface area contributed by atoms with Crippen LogP contribution in [0.5, 0.6) is 5.75 Å². The maximum Gasteiger partial charge on any atom is 0.123 e. The normalized spacial score (nSPS) is 18.6. The highest BCUT2D eigenvalue weighted by molar-refractivity contribution is 5.36. The molecule has 4 nitrogen and oxygen atoms in total. The zero-order valence-corrected chi connectivity index (χ0v) is 13.5. The zero-order valence-electron chi connectivity index (χ0n) is 13.5. The zero-order chi connectivity index (χ0) is 15.1. The summed E-state index contributed by atoms with van der Waals surface area (Å²) in [6.45, 7) is 4.23. The summed E-state index contributed by atoms with van der Waals surface area (Å²) in [6, 6.07) is 8.58. The minimum atomic E-state index is 0.306. The second kappa shape index (κ2) is 8.37. The van der Waals surface area contributed by atoms with Gasteiger partial charge in [0, 0.05) is 31.9 Å². The monoisotopic (exact) mass is 292 g/mol. The summed E-state index contributed by atoms with van der Waals surface area (Å²) in [5.41, 5.74) is 1.24. The minimum absolute atomic E-state index is 0.306. The summed E-state index contributed by atoms with van der Waals surface area (Å²) in [7, 11) is 5.56. The van der Waals surface area contributed by atoms with E-state index < -0.39 is 0 Å². The summed E-state index contributed by atoms with van der Waals surface area (Å²) in [4.78, 5) is 2.54. The Balaban J connectivity index is 1.94. The van der Waals surface area contributed by atoms with Crippen molar-refractivity contribution in [1.82, 2.24) is 10.2 Å². The molecule has 118 valence electrons. The van der Waals surface area contributed by atoms with Crippen molar-refractivity contribution in [1.29, 1.82) is 0 Å². The Morgan fingerprint density at radius 1 is 1.24 bits per heavy atom. The first-order valence-corrected chi connectivity index (χ1v) is 7.80. The summed E-state index contributed by atoms with van der Waals surface area (Å²) in [6.07, 6.45) is 2.46. The average Bonchev–Trinajstić information content (AvgIpc) is 2.54. The number of ether oxygens (including phenoxy) is 2. The number of hydrogen-bond donors (Lipinski definition) is 1. The van der Waals surface area contributed by atoms with E-state index in [9.17, 15) is 0 Å². The number of nitrogens with zero attached hydrogens (tertiary/aromatic N) is 1. The van der Waals surface area contributed by atoms with E-state index in [0.717, 1.165) is 37.9 Å². The lowest BCUT2D eigenvalue weighted by molar-refractivity contribution is 0.0955. The Kier molecular flexibility index (Phi) is 6.49. The Bertz CT molecular complexity index is 417. The number of para-hydroxylation sites is 1. The number of likely N-dealkylation sites (tertiary alicyclic amines) is 1. The van der Waals surface area contributed by atoms with Crippen LogP contribution >= 0.6 is 0 Å². The molecule has 1 N–H and O–H groups in total. The Hall–Kier alpha value is -1.10. The number of likely N-dealkylation sites (N-methyl/N-ethyl adjacent to an activating group) is 1. The predicted molar refractivity (Wildman–Crippen MR) is 85.8 cm³/mol. The molecule has 1 saturated heterocycles. The third kappa shape index (κ3) is 4.43. The maximum absolute atomic E-state index is 5.49. The fraction of sp³-hybridized carbons (Fsp3) is 0.647. The number of benzene rings is 1. The van der Waals surface area contributed by atoms with Gasteiger partial charge in [-0.15, -0.1) is 0 Å². The summed E-state index contributed by atoms with van der Waals surface area (Å²) >= 11 is 0. The minimum Gasteiger partial charge on any atom is -0.496 e. The SMILES string of the molecule is CNC(CN1CCC(COC)CC1)c1ccccc1OC. The van der Waals surface area contributed by atoms with Crippen molar-refractivity contribution >= 4 is 0 Å². The van der Waals surface area contributed by atoms with Crippen molar-refractivity contribution in [3.05, 3.63) is 29.8 Å². The van der Waals surface area contributed by atoms with Gasteiger partial charge in [0.2, 0.25) is 0 Å². The highest BCUT2D eigenvalue weighted by atomic mass is 16.5. The van der Waals surface area contributed by atoms with E-state index in [1.54, 1.807) is 14.2 Å². The lowest BCUT2D eigenvalue weighted by atomic mass is 9.96. The molecule has 0 saturated carbocycles. The number of rotatable bonds is 7. The number of piperidine rings is 1. The van der Waals surface area contributed by atoms with Gasteiger partial charge in [0.05, 0.1) is 7.11 Å². The van der Waals surface area contributed by atoms with Gasteiger partial charge in [0.15, 0.2) is 0 Å².